The molecule has 9 nitrogen and oxygen atoms in total. The maximum Gasteiger partial charge on any atom is 0.256 e. The van der Waals surface area contributed by atoms with E-state index in [4.69, 9.17) is 9.47 Å². The molecule has 9 heteroatoms. The van der Waals surface area contributed by atoms with Gasteiger partial charge in [-0.3, -0.25) is 19.8 Å². The van der Waals surface area contributed by atoms with Gasteiger partial charge in [0.2, 0.25) is 0 Å². The van der Waals surface area contributed by atoms with Crippen LogP contribution in [0.4, 0.5) is 5.69 Å². The number of benzene rings is 3. The van der Waals surface area contributed by atoms with Gasteiger partial charge in [0.25, 0.3) is 11.9 Å². The number of para-hydroxylation sites is 1. The standard InChI is InChI=1S/C30H28N4O5/c1-2-38-26-16-19(13-14-25(26)39-18-21-9-4-3-8-20(21)17-31)27-24-12-7-15-33(24)30(28(27)34(36)37)22-10-5-6-11-23(22)32-29(30)35/h3-6,8-11,13-14,16,24,27-28H,2,7,12,15,18H2,1H3,(H,32,35)/t24-,27+,28+,30-/m0/s1. The molecule has 2 saturated heterocycles. The van der Waals surface area contributed by atoms with Crippen LogP contribution in [0.3, 0.4) is 0 Å². The highest BCUT2D eigenvalue weighted by molar-refractivity contribution is 6.07. The van der Waals surface area contributed by atoms with Crippen LogP contribution < -0.4 is 14.8 Å². The molecule has 3 aromatic carbocycles. The SMILES string of the molecule is CCOc1cc([C@@H]2[C@@H]3CCCN3[C@]3(C(=O)Nc4ccccc43)[C@@H]2[N+](=O)[O-])ccc1OCc1ccccc1C#N. The second kappa shape index (κ2) is 9.71. The molecule has 3 aromatic rings. The number of nitro groups is 1. The number of carbonyl (C=O) groups excluding carboxylic acids is 1. The van der Waals surface area contributed by atoms with Crippen molar-refractivity contribution in [2.45, 2.75) is 49.9 Å². The second-order valence-corrected chi connectivity index (χ2v) is 10.1. The number of nitrogens with zero attached hydrogens (tertiary/aromatic N) is 3. The Hall–Kier alpha value is -4.42. The molecule has 0 aromatic heterocycles. The third kappa shape index (κ3) is 3.74. The molecule has 39 heavy (non-hydrogen) atoms. The summed E-state index contributed by atoms with van der Waals surface area (Å²) in [5.41, 5.74) is 1.98. The number of amides is 1. The number of carbonyl (C=O) groups is 1. The number of fused-ring (bicyclic) bond motifs is 4. The number of rotatable bonds is 7. The zero-order valence-corrected chi connectivity index (χ0v) is 21.5. The van der Waals surface area contributed by atoms with E-state index in [1.54, 1.807) is 24.3 Å². The summed E-state index contributed by atoms with van der Waals surface area (Å²) >= 11 is 0. The van der Waals surface area contributed by atoms with Gasteiger partial charge in [-0.2, -0.15) is 5.26 Å². The van der Waals surface area contributed by atoms with Crippen LogP contribution in [-0.2, 0) is 16.9 Å². The minimum Gasteiger partial charge on any atom is -0.490 e. The Labute approximate surface area is 226 Å². The smallest absolute Gasteiger partial charge is 0.256 e. The van der Waals surface area contributed by atoms with E-state index in [0.717, 1.165) is 24.0 Å². The van der Waals surface area contributed by atoms with Crippen molar-refractivity contribution in [2.75, 3.05) is 18.5 Å². The Morgan fingerprint density at radius 3 is 2.72 bits per heavy atom. The summed E-state index contributed by atoms with van der Waals surface area (Å²) in [7, 11) is 0. The van der Waals surface area contributed by atoms with Gasteiger partial charge in [0, 0.05) is 34.3 Å². The number of hydrogen-bond acceptors (Lipinski definition) is 7. The molecule has 3 heterocycles. The molecule has 1 amide bonds. The molecule has 3 aliphatic heterocycles. The summed E-state index contributed by atoms with van der Waals surface area (Å²) < 4.78 is 12.0. The first-order chi connectivity index (χ1) is 19.0. The Morgan fingerprint density at radius 2 is 1.92 bits per heavy atom. The first-order valence-electron chi connectivity index (χ1n) is 13.2. The predicted molar refractivity (Wildman–Crippen MR) is 143 cm³/mol. The third-order valence-corrected chi connectivity index (χ3v) is 8.27. The molecule has 1 spiro atoms. The van der Waals surface area contributed by atoms with E-state index in [9.17, 15) is 20.2 Å². The van der Waals surface area contributed by atoms with Crippen LogP contribution in [0.25, 0.3) is 0 Å². The van der Waals surface area contributed by atoms with E-state index in [2.05, 4.69) is 16.3 Å². The van der Waals surface area contributed by atoms with Crippen LogP contribution in [0.1, 0.15) is 47.9 Å². The lowest BCUT2D eigenvalue weighted by atomic mass is 9.77. The fraction of sp³-hybridized carbons (Fsp3) is 0.333. The molecule has 0 unspecified atom stereocenters. The monoisotopic (exact) mass is 524 g/mol. The fourth-order valence-corrected chi connectivity index (χ4v) is 6.81. The predicted octanol–water partition coefficient (Wildman–Crippen LogP) is 4.59. The zero-order valence-electron chi connectivity index (χ0n) is 21.5. The molecule has 198 valence electrons. The number of hydrogen-bond donors (Lipinski definition) is 1. The van der Waals surface area contributed by atoms with Crippen molar-refractivity contribution in [2.24, 2.45) is 0 Å². The van der Waals surface area contributed by atoms with Crippen molar-refractivity contribution >= 4 is 11.6 Å². The van der Waals surface area contributed by atoms with Crippen LogP contribution in [0.5, 0.6) is 11.5 Å². The number of nitriles is 1. The van der Waals surface area contributed by atoms with Crippen LogP contribution in [0, 0.1) is 21.4 Å². The van der Waals surface area contributed by atoms with Gasteiger partial charge in [0.1, 0.15) is 6.61 Å². The van der Waals surface area contributed by atoms with E-state index in [1.807, 2.05) is 49.4 Å². The van der Waals surface area contributed by atoms with Gasteiger partial charge in [-0.1, -0.05) is 42.5 Å². The lowest BCUT2D eigenvalue weighted by Crippen LogP contribution is -2.55. The van der Waals surface area contributed by atoms with E-state index in [1.165, 1.54) is 0 Å². The topological polar surface area (TPSA) is 118 Å². The lowest BCUT2D eigenvalue weighted by Gasteiger charge is -2.32. The molecule has 3 aliphatic rings. The molecule has 0 radical (unpaired) electrons. The Bertz CT molecular complexity index is 1500. The molecule has 0 aliphatic carbocycles. The van der Waals surface area contributed by atoms with Crippen LogP contribution in [-0.4, -0.2) is 41.0 Å². The maximum atomic E-state index is 13.7. The summed E-state index contributed by atoms with van der Waals surface area (Å²) in [5, 5.41) is 25.2. The molecule has 4 atom stereocenters. The molecular formula is C30H28N4O5. The molecule has 0 saturated carbocycles. The van der Waals surface area contributed by atoms with E-state index >= 15 is 0 Å². The summed E-state index contributed by atoms with van der Waals surface area (Å²) in [6.07, 6.45) is 1.62. The van der Waals surface area contributed by atoms with Gasteiger partial charge >= 0.3 is 0 Å². The van der Waals surface area contributed by atoms with Gasteiger partial charge in [-0.25, -0.2) is 0 Å². The second-order valence-electron chi connectivity index (χ2n) is 10.1. The normalized spacial score (nSPS) is 25.1. The average molecular weight is 525 g/mol. The quantitative estimate of drug-likeness (QED) is 0.355. The van der Waals surface area contributed by atoms with Crippen molar-refractivity contribution in [1.82, 2.24) is 4.90 Å². The van der Waals surface area contributed by atoms with Gasteiger partial charge in [0.15, 0.2) is 17.0 Å². The van der Waals surface area contributed by atoms with Crippen molar-refractivity contribution in [3.63, 3.8) is 0 Å². The third-order valence-electron chi connectivity index (χ3n) is 8.27. The van der Waals surface area contributed by atoms with Crippen molar-refractivity contribution in [1.29, 1.82) is 5.26 Å². The highest BCUT2D eigenvalue weighted by atomic mass is 16.6. The van der Waals surface area contributed by atoms with Crippen molar-refractivity contribution in [3.8, 4) is 17.6 Å². The maximum absolute atomic E-state index is 13.7. The summed E-state index contributed by atoms with van der Waals surface area (Å²) in [5.74, 6) is 0.118. The van der Waals surface area contributed by atoms with E-state index in [-0.39, 0.29) is 23.5 Å². The van der Waals surface area contributed by atoms with Crippen LogP contribution in [0.15, 0.2) is 66.7 Å². The minimum absolute atomic E-state index is 0.166. The minimum atomic E-state index is -1.37. The van der Waals surface area contributed by atoms with E-state index in [0.29, 0.717) is 41.5 Å². The first kappa shape index (κ1) is 24.9. The largest absolute Gasteiger partial charge is 0.490 e. The van der Waals surface area contributed by atoms with Gasteiger partial charge in [-0.15, -0.1) is 0 Å². The molecule has 6 rings (SSSR count). The van der Waals surface area contributed by atoms with Crippen LogP contribution in [0.2, 0.25) is 0 Å². The fourth-order valence-electron chi connectivity index (χ4n) is 6.81. The van der Waals surface area contributed by atoms with E-state index < -0.39 is 17.5 Å². The molecular weight excluding hydrogens is 496 g/mol. The summed E-state index contributed by atoms with van der Waals surface area (Å²) in [4.78, 5) is 28.3. The molecule has 0 bridgehead atoms. The summed E-state index contributed by atoms with van der Waals surface area (Å²) in [6, 6.07) is 20.8. The van der Waals surface area contributed by atoms with Crippen LogP contribution >= 0.6 is 0 Å². The molecule has 1 N–H and O–H groups in total. The lowest BCUT2D eigenvalue weighted by molar-refractivity contribution is -0.534. The number of nitrogens with one attached hydrogen (secondary N) is 1. The Balaban J connectivity index is 1.41. The number of ether oxygens (including phenoxy) is 2. The average Bonchev–Trinajstić information content (AvgIpc) is 3.61. The summed E-state index contributed by atoms with van der Waals surface area (Å²) in [6.45, 7) is 3.04. The highest BCUT2D eigenvalue weighted by Gasteiger charge is 2.73. The van der Waals surface area contributed by atoms with Gasteiger partial charge in [-0.05, 0) is 49.6 Å². The molecule has 2 fully saturated rings. The Morgan fingerprint density at radius 1 is 1.13 bits per heavy atom. The van der Waals surface area contributed by atoms with Crippen molar-refractivity contribution in [3.05, 3.63) is 99.1 Å². The van der Waals surface area contributed by atoms with Gasteiger partial charge in [0.05, 0.1) is 24.2 Å². The highest BCUT2D eigenvalue weighted by Crippen LogP contribution is 2.58. The Kier molecular flexibility index (Phi) is 6.20. The van der Waals surface area contributed by atoms with Crippen molar-refractivity contribution < 1.29 is 19.2 Å². The first-order valence-corrected chi connectivity index (χ1v) is 13.2. The number of anilines is 1. The van der Waals surface area contributed by atoms with Gasteiger partial charge < -0.3 is 14.8 Å². The zero-order chi connectivity index (χ0) is 27.1.